The van der Waals surface area contributed by atoms with Crippen LogP contribution in [-0.4, -0.2) is 0 Å². The number of benzene rings is 2. The van der Waals surface area contributed by atoms with E-state index in [2.05, 4.69) is 102 Å². The molecule has 0 heterocycles. The zero-order valence-electron chi connectivity index (χ0n) is 14.5. The first-order chi connectivity index (χ1) is 9.68. The molecule has 2 aromatic carbocycles. The number of hydrogen-bond acceptors (Lipinski definition) is 0. The highest BCUT2D eigenvalue weighted by molar-refractivity contribution is 5.22. The third kappa shape index (κ3) is 7.70. The van der Waals surface area contributed by atoms with Gasteiger partial charge >= 0.3 is 0 Å². The lowest BCUT2D eigenvalue weighted by Gasteiger charge is -2.18. The molecule has 0 atom stereocenters. The smallest absolute Gasteiger partial charge is 0.0132 e. The van der Waals surface area contributed by atoms with Crippen molar-refractivity contribution in [1.29, 1.82) is 0 Å². The molecular weight excluding hydrogens is 252 g/mol. The van der Waals surface area contributed by atoms with Crippen molar-refractivity contribution in [1.82, 2.24) is 0 Å². The summed E-state index contributed by atoms with van der Waals surface area (Å²) in [4.78, 5) is 0. The topological polar surface area (TPSA) is 0 Å². The standard InChI is InChI=1S/C11H16.C10H14/c1-11(2,3)9-10-7-5-4-6-8-10;1-10(2,3)9-7-5-4-6-8-9/h4-8H,9H2,1-3H3;4-8H,1-3H3. The SMILES string of the molecule is CC(C)(C)Cc1ccccc1.CC(C)(C)c1ccccc1. The predicted octanol–water partition coefficient (Wildman–Crippen LogP) is 6.26. The second kappa shape index (κ2) is 7.45. The van der Waals surface area contributed by atoms with E-state index in [4.69, 9.17) is 0 Å². The maximum Gasteiger partial charge on any atom is -0.0132 e. The maximum atomic E-state index is 2.26. The van der Waals surface area contributed by atoms with Crippen molar-refractivity contribution >= 4 is 0 Å². The first kappa shape index (κ1) is 17.5. The summed E-state index contributed by atoms with van der Waals surface area (Å²) in [5.41, 5.74) is 3.53. The molecule has 0 nitrogen and oxygen atoms in total. The molecule has 0 saturated heterocycles. The highest BCUT2D eigenvalue weighted by Crippen LogP contribution is 2.21. The summed E-state index contributed by atoms with van der Waals surface area (Å²) in [6, 6.07) is 21.2. The minimum atomic E-state index is 0.293. The first-order valence-electron chi connectivity index (χ1n) is 7.78. The van der Waals surface area contributed by atoms with Crippen LogP contribution in [0.5, 0.6) is 0 Å². The van der Waals surface area contributed by atoms with E-state index in [1.807, 2.05) is 0 Å². The van der Waals surface area contributed by atoms with Gasteiger partial charge in [0, 0.05) is 0 Å². The summed E-state index contributed by atoms with van der Waals surface area (Å²) in [5, 5.41) is 0. The van der Waals surface area contributed by atoms with Crippen molar-refractivity contribution in [2.24, 2.45) is 5.41 Å². The molecule has 21 heavy (non-hydrogen) atoms. The van der Waals surface area contributed by atoms with Gasteiger partial charge in [0.15, 0.2) is 0 Å². The van der Waals surface area contributed by atoms with Crippen LogP contribution < -0.4 is 0 Å². The van der Waals surface area contributed by atoms with Crippen LogP contribution >= 0.6 is 0 Å². The molecule has 2 aromatic rings. The molecule has 0 aliphatic carbocycles. The molecule has 0 N–H and O–H groups in total. The van der Waals surface area contributed by atoms with Crippen LogP contribution in [0.4, 0.5) is 0 Å². The van der Waals surface area contributed by atoms with Crippen molar-refractivity contribution in [3.05, 3.63) is 71.8 Å². The summed E-state index contributed by atoms with van der Waals surface area (Å²) in [6.45, 7) is 13.5. The van der Waals surface area contributed by atoms with Crippen molar-refractivity contribution in [3.8, 4) is 0 Å². The summed E-state index contributed by atoms with van der Waals surface area (Å²) in [5.74, 6) is 0. The van der Waals surface area contributed by atoms with Crippen LogP contribution in [0.1, 0.15) is 52.7 Å². The van der Waals surface area contributed by atoms with Crippen LogP contribution in [0, 0.1) is 5.41 Å². The first-order valence-corrected chi connectivity index (χ1v) is 7.78. The molecule has 0 bridgehead atoms. The van der Waals surface area contributed by atoms with Gasteiger partial charge in [0.05, 0.1) is 0 Å². The van der Waals surface area contributed by atoms with E-state index in [9.17, 15) is 0 Å². The Bertz CT molecular complexity index is 495. The Labute approximate surface area is 131 Å². The zero-order chi connectivity index (χ0) is 15.9. The summed E-state index contributed by atoms with van der Waals surface area (Å²) in [6.07, 6.45) is 1.16. The lowest BCUT2D eigenvalue weighted by Crippen LogP contribution is -2.10. The maximum absolute atomic E-state index is 2.26. The van der Waals surface area contributed by atoms with Gasteiger partial charge in [0.25, 0.3) is 0 Å². The average Bonchev–Trinajstić information content (AvgIpc) is 2.39. The van der Waals surface area contributed by atoms with Gasteiger partial charge in [-0.05, 0) is 28.4 Å². The molecule has 0 heteroatoms. The lowest BCUT2D eigenvalue weighted by molar-refractivity contribution is 0.411. The lowest BCUT2D eigenvalue weighted by atomic mass is 9.87. The van der Waals surface area contributed by atoms with Gasteiger partial charge in [-0.3, -0.25) is 0 Å². The highest BCUT2D eigenvalue weighted by atomic mass is 14.2. The largest absolute Gasteiger partial charge is 0.0622 e. The third-order valence-electron chi connectivity index (χ3n) is 3.22. The molecule has 2 rings (SSSR count). The molecular formula is C21H30. The summed E-state index contributed by atoms with van der Waals surface area (Å²) in [7, 11) is 0. The second-order valence-corrected chi connectivity index (χ2v) is 7.84. The fraction of sp³-hybridized carbons (Fsp3) is 0.429. The van der Waals surface area contributed by atoms with E-state index in [1.165, 1.54) is 11.1 Å². The van der Waals surface area contributed by atoms with Crippen molar-refractivity contribution in [3.63, 3.8) is 0 Å². The van der Waals surface area contributed by atoms with Gasteiger partial charge in [0.2, 0.25) is 0 Å². The van der Waals surface area contributed by atoms with Gasteiger partial charge in [-0.2, -0.15) is 0 Å². The van der Waals surface area contributed by atoms with Crippen molar-refractivity contribution in [2.75, 3.05) is 0 Å². The Kier molecular flexibility index (Phi) is 6.20. The monoisotopic (exact) mass is 282 g/mol. The van der Waals surface area contributed by atoms with Crippen LogP contribution in [0.2, 0.25) is 0 Å². The molecule has 0 spiro atoms. The van der Waals surface area contributed by atoms with Gasteiger partial charge in [-0.15, -0.1) is 0 Å². The van der Waals surface area contributed by atoms with Crippen LogP contribution in [0.25, 0.3) is 0 Å². The number of hydrogen-bond donors (Lipinski definition) is 0. The summed E-state index contributed by atoms with van der Waals surface area (Å²) < 4.78 is 0. The molecule has 0 saturated carbocycles. The quantitative estimate of drug-likeness (QED) is 0.579. The van der Waals surface area contributed by atoms with Crippen LogP contribution in [-0.2, 0) is 11.8 Å². The fourth-order valence-electron chi connectivity index (χ4n) is 2.15. The minimum absolute atomic E-state index is 0.293. The van der Waals surface area contributed by atoms with E-state index >= 15 is 0 Å². The molecule has 0 fully saturated rings. The Morgan fingerprint density at radius 3 is 1.38 bits per heavy atom. The van der Waals surface area contributed by atoms with Gasteiger partial charge < -0.3 is 0 Å². The molecule has 0 aromatic heterocycles. The van der Waals surface area contributed by atoms with Crippen molar-refractivity contribution in [2.45, 2.75) is 53.4 Å². The molecule has 0 aliphatic rings. The molecule has 0 radical (unpaired) electrons. The Morgan fingerprint density at radius 1 is 0.619 bits per heavy atom. The Morgan fingerprint density at radius 2 is 1.05 bits per heavy atom. The van der Waals surface area contributed by atoms with Gasteiger partial charge in [-0.1, -0.05) is 102 Å². The van der Waals surface area contributed by atoms with E-state index in [-0.39, 0.29) is 0 Å². The molecule has 114 valence electrons. The van der Waals surface area contributed by atoms with E-state index in [1.54, 1.807) is 0 Å². The van der Waals surface area contributed by atoms with Crippen molar-refractivity contribution < 1.29 is 0 Å². The fourth-order valence-corrected chi connectivity index (χ4v) is 2.15. The number of rotatable bonds is 1. The third-order valence-corrected chi connectivity index (χ3v) is 3.22. The van der Waals surface area contributed by atoms with Crippen LogP contribution in [0.15, 0.2) is 60.7 Å². The molecule has 0 amide bonds. The van der Waals surface area contributed by atoms with E-state index in [0.29, 0.717) is 10.8 Å². The molecule has 0 unspecified atom stereocenters. The average molecular weight is 282 g/mol. The minimum Gasteiger partial charge on any atom is -0.0622 e. The second-order valence-electron chi connectivity index (χ2n) is 7.84. The van der Waals surface area contributed by atoms with Gasteiger partial charge in [0.1, 0.15) is 0 Å². The van der Waals surface area contributed by atoms with Crippen LogP contribution in [0.3, 0.4) is 0 Å². The van der Waals surface area contributed by atoms with E-state index in [0.717, 1.165) is 6.42 Å². The Balaban J connectivity index is 0.000000211. The predicted molar refractivity (Wildman–Crippen MR) is 94.7 cm³/mol. The van der Waals surface area contributed by atoms with Gasteiger partial charge in [-0.25, -0.2) is 0 Å². The Hall–Kier alpha value is -1.56. The highest BCUT2D eigenvalue weighted by Gasteiger charge is 2.11. The van der Waals surface area contributed by atoms with E-state index < -0.39 is 0 Å². The zero-order valence-corrected chi connectivity index (χ0v) is 14.5. The normalized spacial score (nSPS) is 11.5. The summed E-state index contributed by atoms with van der Waals surface area (Å²) >= 11 is 0. The molecule has 0 aliphatic heterocycles.